The summed E-state index contributed by atoms with van der Waals surface area (Å²) in [6.45, 7) is 0. The molecule has 45 heavy (non-hydrogen) atoms. The number of halogens is 1. The Morgan fingerprint density at radius 1 is 0.378 bits per heavy atom. The van der Waals surface area contributed by atoms with E-state index in [2.05, 4.69) is 54.6 Å². The molecule has 0 aliphatic carbocycles. The summed E-state index contributed by atoms with van der Waals surface area (Å²) in [5, 5.41) is 0.648. The van der Waals surface area contributed by atoms with Gasteiger partial charge in [0.2, 0.25) is 0 Å². The normalized spacial score (nSPS) is 11.6. The van der Waals surface area contributed by atoms with Crippen LogP contribution in [0.4, 0.5) is 0 Å². The average molecular weight is 601 g/mol. The van der Waals surface area contributed by atoms with E-state index in [1.165, 1.54) is 0 Å². The Balaban J connectivity index is 1.13. The smallest absolute Gasteiger partial charge is 0.170 e. The van der Waals surface area contributed by atoms with Crippen LogP contribution in [-0.2, 0) is 0 Å². The van der Waals surface area contributed by atoms with Crippen molar-refractivity contribution >= 4 is 11.6 Å². The van der Waals surface area contributed by atoms with E-state index < -0.39 is 0 Å². The Hall–Kier alpha value is -5.71. The molecule has 8 rings (SSSR count). The van der Waals surface area contributed by atoms with Crippen LogP contribution < -0.4 is 9.47 Å². The summed E-state index contributed by atoms with van der Waals surface area (Å²) in [7, 11) is 0. The first-order valence-electron chi connectivity index (χ1n) is 14.7. The summed E-state index contributed by atoms with van der Waals surface area (Å²) in [5.74, 6) is 3.43. The number of benzene rings is 6. The lowest BCUT2D eigenvalue weighted by atomic mass is 9.97. The fourth-order valence-electron chi connectivity index (χ4n) is 5.55. The quantitative estimate of drug-likeness (QED) is 0.197. The summed E-state index contributed by atoms with van der Waals surface area (Å²) in [4.78, 5) is 9.92. The van der Waals surface area contributed by atoms with Crippen molar-refractivity contribution in [2.75, 3.05) is 0 Å². The minimum absolute atomic E-state index is 0.648. The van der Waals surface area contributed by atoms with Crippen LogP contribution >= 0.6 is 11.6 Å². The largest absolute Gasteiger partial charge is 0.450 e. The van der Waals surface area contributed by atoms with Gasteiger partial charge in [0.15, 0.2) is 28.8 Å². The molecule has 5 heteroatoms. The highest BCUT2D eigenvalue weighted by atomic mass is 35.5. The minimum atomic E-state index is 0.648. The van der Waals surface area contributed by atoms with Gasteiger partial charge in [0.1, 0.15) is 0 Å². The van der Waals surface area contributed by atoms with Crippen LogP contribution in [-0.4, -0.2) is 9.97 Å². The van der Waals surface area contributed by atoms with Gasteiger partial charge in [0.25, 0.3) is 0 Å². The number of hydrogen-bond acceptors (Lipinski definition) is 4. The van der Waals surface area contributed by atoms with Crippen LogP contribution in [0.25, 0.3) is 56.2 Å². The fraction of sp³-hybridized carbons (Fsp3) is 0. The van der Waals surface area contributed by atoms with Crippen LogP contribution in [0.5, 0.6) is 23.0 Å². The molecular weight excluding hydrogens is 576 g/mol. The van der Waals surface area contributed by atoms with Gasteiger partial charge in [0.05, 0.1) is 11.4 Å². The van der Waals surface area contributed by atoms with Gasteiger partial charge in [-0.3, -0.25) is 0 Å². The highest BCUT2D eigenvalue weighted by Crippen LogP contribution is 2.47. The first kappa shape index (κ1) is 26.9. The molecule has 7 aromatic rings. The molecule has 0 fully saturated rings. The number of hydrogen-bond donors (Lipinski definition) is 0. The highest BCUT2D eigenvalue weighted by molar-refractivity contribution is 6.33. The van der Waals surface area contributed by atoms with Crippen molar-refractivity contribution < 1.29 is 9.47 Å². The Morgan fingerprint density at radius 3 is 1.67 bits per heavy atom. The molecule has 0 radical (unpaired) electrons. The summed E-state index contributed by atoms with van der Waals surface area (Å²) in [6.07, 6.45) is 0. The molecule has 0 saturated heterocycles. The lowest BCUT2D eigenvalue weighted by Crippen LogP contribution is -1.98. The van der Waals surface area contributed by atoms with Gasteiger partial charge in [-0.15, -0.1) is 0 Å². The van der Waals surface area contributed by atoms with Crippen molar-refractivity contribution in [2.24, 2.45) is 0 Å². The Labute approximate surface area is 266 Å². The van der Waals surface area contributed by atoms with Gasteiger partial charge in [-0.05, 0) is 59.2 Å². The van der Waals surface area contributed by atoms with Gasteiger partial charge >= 0.3 is 0 Å². The van der Waals surface area contributed by atoms with Crippen LogP contribution in [0, 0.1) is 0 Å². The van der Waals surface area contributed by atoms with E-state index >= 15 is 0 Å². The monoisotopic (exact) mass is 600 g/mol. The lowest BCUT2D eigenvalue weighted by Gasteiger charge is -2.21. The lowest BCUT2D eigenvalue weighted by molar-refractivity contribution is 0.360. The highest BCUT2D eigenvalue weighted by Gasteiger charge is 2.19. The molecule has 1 aliphatic heterocycles. The Bertz CT molecular complexity index is 2120. The molecule has 0 N–H and O–H groups in total. The molecule has 4 nitrogen and oxygen atoms in total. The van der Waals surface area contributed by atoms with Gasteiger partial charge in [-0.1, -0.05) is 121 Å². The third kappa shape index (κ3) is 5.33. The van der Waals surface area contributed by atoms with E-state index in [9.17, 15) is 0 Å². The van der Waals surface area contributed by atoms with Crippen molar-refractivity contribution in [1.29, 1.82) is 0 Å². The molecule has 1 aliphatic rings. The van der Waals surface area contributed by atoms with Crippen LogP contribution in [0.1, 0.15) is 0 Å². The molecule has 214 valence electrons. The average Bonchev–Trinajstić information content (AvgIpc) is 3.11. The number of nitrogens with zero attached hydrogens (tertiary/aromatic N) is 2. The minimum Gasteiger partial charge on any atom is -0.450 e. The summed E-state index contributed by atoms with van der Waals surface area (Å²) < 4.78 is 12.1. The molecule has 0 amide bonds. The van der Waals surface area contributed by atoms with E-state index in [1.807, 2.05) is 97.1 Å². The zero-order chi connectivity index (χ0) is 30.2. The molecular formula is C40H25ClN2O2. The van der Waals surface area contributed by atoms with Crippen molar-refractivity contribution in [2.45, 2.75) is 0 Å². The zero-order valence-corrected chi connectivity index (χ0v) is 24.8. The van der Waals surface area contributed by atoms with Crippen molar-refractivity contribution in [1.82, 2.24) is 9.97 Å². The summed E-state index contributed by atoms with van der Waals surface area (Å²) in [5.41, 5.74) is 8.65. The first-order valence-corrected chi connectivity index (χ1v) is 15.1. The molecule has 2 heterocycles. The third-order valence-corrected chi connectivity index (χ3v) is 8.14. The van der Waals surface area contributed by atoms with Gasteiger partial charge < -0.3 is 9.47 Å². The number of rotatable bonds is 5. The predicted octanol–water partition coefficient (Wildman–Crippen LogP) is 11.4. The summed E-state index contributed by atoms with van der Waals surface area (Å²) >= 11 is 6.92. The number of para-hydroxylation sites is 2. The summed E-state index contributed by atoms with van der Waals surface area (Å²) in [6, 6.07) is 50.4. The van der Waals surface area contributed by atoms with E-state index in [4.69, 9.17) is 31.0 Å². The second-order valence-corrected chi connectivity index (χ2v) is 11.2. The van der Waals surface area contributed by atoms with Gasteiger partial charge in [-0.25, -0.2) is 9.97 Å². The van der Waals surface area contributed by atoms with E-state index in [-0.39, 0.29) is 0 Å². The fourth-order valence-corrected chi connectivity index (χ4v) is 5.84. The van der Waals surface area contributed by atoms with E-state index in [0.717, 1.165) is 50.3 Å². The third-order valence-electron chi connectivity index (χ3n) is 7.83. The predicted molar refractivity (Wildman–Crippen MR) is 181 cm³/mol. The number of aromatic nitrogens is 2. The van der Waals surface area contributed by atoms with Crippen molar-refractivity contribution in [3.8, 4) is 79.2 Å². The standard InChI is InChI=1S/C40H25ClN2O2/c41-33-23-29(18-20-32(33)30-19-21-38-39(24-30)45-37-17-8-7-16-36(37)44-38)28-14-9-15-31(22-28)35-25-34(26-10-3-1-4-11-26)42-40(43-35)27-12-5-2-6-13-27/h1-25H. The first-order chi connectivity index (χ1) is 22.2. The molecule has 0 spiro atoms. The molecule has 6 aromatic carbocycles. The number of ether oxygens (including phenoxy) is 2. The maximum absolute atomic E-state index is 6.92. The maximum Gasteiger partial charge on any atom is 0.170 e. The van der Waals surface area contributed by atoms with E-state index in [1.54, 1.807) is 0 Å². The van der Waals surface area contributed by atoms with Crippen LogP contribution in [0.2, 0.25) is 5.02 Å². The van der Waals surface area contributed by atoms with Crippen LogP contribution in [0.15, 0.2) is 152 Å². The maximum atomic E-state index is 6.92. The molecule has 0 atom stereocenters. The number of fused-ring (bicyclic) bond motifs is 2. The molecule has 0 saturated carbocycles. The second kappa shape index (κ2) is 11.4. The topological polar surface area (TPSA) is 44.2 Å². The molecule has 1 aromatic heterocycles. The second-order valence-electron chi connectivity index (χ2n) is 10.8. The van der Waals surface area contributed by atoms with Crippen molar-refractivity contribution in [3.63, 3.8) is 0 Å². The van der Waals surface area contributed by atoms with Crippen LogP contribution in [0.3, 0.4) is 0 Å². The SMILES string of the molecule is Clc1cc(-c2cccc(-c3cc(-c4ccccc4)nc(-c4ccccc4)n3)c2)ccc1-c1ccc2c(c1)Oc1ccccc1O2. The van der Waals surface area contributed by atoms with E-state index in [0.29, 0.717) is 33.8 Å². The molecule has 0 unspecified atom stereocenters. The Kier molecular flexibility index (Phi) is 6.82. The van der Waals surface area contributed by atoms with Crippen molar-refractivity contribution in [3.05, 3.63) is 157 Å². The molecule has 0 bridgehead atoms. The zero-order valence-electron chi connectivity index (χ0n) is 24.0. The van der Waals surface area contributed by atoms with Gasteiger partial charge in [0, 0.05) is 27.3 Å². The van der Waals surface area contributed by atoms with Gasteiger partial charge in [-0.2, -0.15) is 0 Å². The Morgan fingerprint density at radius 2 is 0.933 bits per heavy atom.